The summed E-state index contributed by atoms with van der Waals surface area (Å²) in [6.45, 7) is 0.0652. The molecule has 0 fully saturated rings. The molecule has 27 heavy (non-hydrogen) atoms. The molecule has 0 bridgehead atoms. The van der Waals surface area contributed by atoms with E-state index in [1.807, 2.05) is 12.1 Å². The van der Waals surface area contributed by atoms with E-state index in [9.17, 15) is 9.59 Å². The van der Waals surface area contributed by atoms with Gasteiger partial charge in [-0.05, 0) is 36.2 Å². The molecule has 0 aliphatic rings. The minimum Gasteiger partial charge on any atom is -0.452 e. The first-order valence-corrected chi connectivity index (χ1v) is 9.02. The molecule has 1 aromatic heterocycles. The Hall–Kier alpha value is -2.63. The van der Waals surface area contributed by atoms with E-state index < -0.39 is 5.97 Å². The van der Waals surface area contributed by atoms with E-state index in [0.717, 1.165) is 5.56 Å². The summed E-state index contributed by atoms with van der Waals surface area (Å²) in [5, 5.41) is 4.19. The minimum absolute atomic E-state index is 0.188. The lowest BCUT2D eigenvalue weighted by Crippen LogP contribution is -2.30. The number of nitrogens with one attached hydrogen (secondary N) is 1. The fourth-order valence-corrected chi connectivity index (χ4v) is 2.90. The van der Waals surface area contributed by atoms with Crippen LogP contribution in [-0.2, 0) is 16.0 Å². The average Bonchev–Trinajstić information content (AvgIpc) is 2.67. The van der Waals surface area contributed by atoms with Gasteiger partial charge < -0.3 is 10.1 Å². The van der Waals surface area contributed by atoms with E-state index in [0.29, 0.717) is 28.9 Å². The molecule has 0 saturated carbocycles. The Morgan fingerprint density at radius 2 is 1.78 bits per heavy atom. The first-order valence-electron chi connectivity index (χ1n) is 8.26. The lowest BCUT2D eigenvalue weighted by molar-refractivity contribution is -0.124. The van der Waals surface area contributed by atoms with Crippen molar-refractivity contribution in [2.45, 2.75) is 6.42 Å². The summed E-state index contributed by atoms with van der Waals surface area (Å²) >= 11 is 11.8. The van der Waals surface area contributed by atoms with Gasteiger partial charge in [-0.15, -0.1) is 0 Å². The Labute approximate surface area is 166 Å². The van der Waals surface area contributed by atoms with Crippen molar-refractivity contribution in [2.75, 3.05) is 13.2 Å². The van der Waals surface area contributed by atoms with Crippen LogP contribution in [-0.4, -0.2) is 30.0 Å². The van der Waals surface area contributed by atoms with E-state index in [1.165, 1.54) is 6.07 Å². The number of ether oxygens (including phenoxy) is 1. The van der Waals surface area contributed by atoms with Crippen molar-refractivity contribution in [3.63, 3.8) is 0 Å². The van der Waals surface area contributed by atoms with E-state index in [2.05, 4.69) is 10.3 Å². The summed E-state index contributed by atoms with van der Waals surface area (Å²) in [6, 6.07) is 15.9. The minimum atomic E-state index is -0.622. The van der Waals surface area contributed by atoms with Gasteiger partial charge in [0.15, 0.2) is 6.61 Å². The Bertz CT molecular complexity index is 975. The number of carbonyl (C=O) groups excluding carboxylic acids is 2. The second-order valence-electron chi connectivity index (χ2n) is 5.81. The van der Waals surface area contributed by atoms with E-state index >= 15 is 0 Å². The van der Waals surface area contributed by atoms with Gasteiger partial charge >= 0.3 is 5.97 Å². The molecular formula is C20H16Cl2N2O3. The molecule has 0 spiro atoms. The van der Waals surface area contributed by atoms with Crippen LogP contribution in [0.5, 0.6) is 0 Å². The molecule has 0 aliphatic carbocycles. The zero-order chi connectivity index (χ0) is 19.2. The normalized spacial score (nSPS) is 10.6. The summed E-state index contributed by atoms with van der Waals surface area (Å²) < 4.78 is 5.12. The van der Waals surface area contributed by atoms with Crippen LogP contribution < -0.4 is 5.32 Å². The van der Waals surface area contributed by atoms with Gasteiger partial charge in [0, 0.05) is 17.0 Å². The van der Waals surface area contributed by atoms with Gasteiger partial charge in [0.1, 0.15) is 5.15 Å². The number of rotatable bonds is 6. The number of carbonyl (C=O) groups is 2. The van der Waals surface area contributed by atoms with Crippen LogP contribution in [0, 0.1) is 0 Å². The van der Waals surface area contributed by atoms with Crippen molar-refractivity contribution >= 4 is 46.0 Å². The largest absolute Gasteiger partial charge is 0.452 e. The Morgan fingerprint density at radius 1 is 1.04 bits per heavy atom. The van der Waals surface area contributed by atoms with Crippen LogP contribution in [0.2, 0.25) is 10.2 Å². The highest BCUT2D eigenvalue weighted by Crippen LogP contribution is 2.21. The summed E-state index contributed by atoms with van der Waals surface area (Å²) in [7, 11) is 0. The number of hydrogen-bond acceptors (Lipinski definition) is 4. The smallest absolute Gasteiger partial charge is 0.339 e. The molecule has 0 saturated heterocycles. The van der Waals surface area contributed by atoms with Gasteiger partial charge in [-0.25, -0.2) is 9.78 Å². The van der Waals surface area contributed by atoms with Crippen molar-refractivity contribution in [1.29, 1.82) is 0 Å². The number of halogens is 2. The number of aromatic nitrogens is 1. The molecule has 3 aromatic rings. The lowest BCUT2D eigenvalue weighted by atomic mass is 10.1. The second kappa shape index (κ2) is 8.84. The number of nitrogens with zero attached hydrogens (tertiary/aromatic N) is 1. The number of amides is 1. The molecule has 5 nitrogen and oxygen atoms in total. The second-order valence-corrected chi connectivity index (χ2v) is 6.64. The zero-order valence-electron chi connectivity index (χ0n) is 14.2. The predicted molar refractivity (Wildman–Crippen MR) is 105 cm³/mol. The van der Waals surface area contributed by atoms with Gasteiger partial charge in [0.2, 0.25) is 0 Å². The molecule has 1 heterocycles. The summed E-state index contributed by atoms with van der Waals surface area (Å²) in [6.07, 6.45) is 0.654. The third-order valence-electron chi connectivity index (χ3n) is 3.89. The van der Waals surface area contributed by atoms with E-state index in [4.69, 9.17) is 27.9 Å². The predicted octanol–water partition coefficient (Wildman–Crippen LogP) is 4.06. The van der Waals surface area contributed by atoms with Crippen LogP contribution >= 0.6 is 23.2 Å². The van der Waals surface area contributed by atoms with Crippen molar-refractivity contribution in [1.82, 2.24) is 10.3 Å². The molecular weight excluding hydrogens is 387 g/mol. The molecule has 0 unspecified atom stereocenters. The van der Waals surface area contributed by atoms with Crippen molar-refractivity contribution in [2.24, 2.45) is 0 Å². The average molecular weight is 403 g/mol. The number of fused-ring (bicyclic) bond motifs is 1. The molecule has 1 N–H and O–H groups in total. The number of hydrogen-bond donors (Lipinski definition) is 1. The van der Waals surface area contributed by atoms with Crippen LogP contribution in [0.1, 0.15) is 15.9 Å². The maximum absolute atomic E-state index is 12.3. The molecule has 1 amide bonds. The van der Waals surface area contributed by atoms with Gasteiger partial charge in [-0.2, -0.15) is 0 Å². The number of esters is 1. The Morgan fingerprint density at radius 3 is 2.56 bits per heavy atom. The number of benzene rings is 2. The molecule has 2 aromatic carbocycles. The fraction of sp³-hybridized carbons (Fsp3) is 0.150. The SMILES string of the molecule is O=C(COC(=O)c1cc(Cl)nc2ccccc12)NCCc1ccc(Cl)cc1. The third kappa shape index (κ3) is 5.18. The van der Waals surface area contributed by atoms with Crippen LogP contribution in [0.4, 0.5) is 0 Å². The van der Waals surface area contributed by atoms with Crippen molar-refractivity contribution in [3.8, 4) is 0 Å². The maximum atomic E-state index is 12.3. The molecule has 3 rings (SSSR count). The molecule has 0 radical (unpaired) electrons. The lowest BCUT2D eigenvalue weighted by Gasteiger charge is -2.09. The monoisotopic (exact) mass is 402 g/mol. The third-order valence-corrected chi connectivity index (χ3v) is 4.33. The number of pyridine rings is 1. The molecule has 0 atom stereocenters. The first kappa shape index (κ1) is 19.1. The van der Waals surface area contributed by atoms with Crippen LogP contribution in [0.3, 0.4) is 0 Å². The van der Waals surface area contributed by atoms with Gasteiger partial charge in [-0.3, -0.25) is 4.79 Å². The summed E-state index contributed by atoms with van der Waals surface area (Å²) in [5.41, 5.74) is 1.92. The van der Waals surface area contributed by atoms with E-state index in [1.54, 1.807) is 36.4 Å². The van der Waals surface area contributed by atoms with Gasteiger partial charge in [0.05, 0.1) is 11.1 Å². The highest BCUT2D eigenvalue weighted by molar-refractivity contribution is 6.30. The first-order chi connectivity index (χ1) is 13.0. The highest BCUT2D eigenvalue weighted by Gasteiger charge is 2.15. The summed E-state index contributed by atoms with van der Waals surface area (Å²) in [4.78, 5) is 28.4. The number of para-hydroxylation sites is 1. The molecule has 7 heteroatoms. The zero-order valence-corrected chi connectivity index (χ0v) is 15.8. The van der Waals surface area contributed by atoms with Gasteiger partial charge in [0.25, 0.3) is 5.91 Å². The Kier molecular flexibility index (Phi) is 6.27. The highest BCUT2D eigenvalue weighted by atomic mass is 35.5. The van der Waals surface area contributed by atoms with E-state index in [-0.39, 0.29) is 23.2 Å². The van der Waals surface area contributed by atoms with Crippen molar-refractivity contribution < 1.29 is 14.3 Å². The standard InChI is InChI=1S/C20H16Cl2N2O3/c21-14-7-5-13(6-8-14)9-10-23-19(25)12-27-20(26)16-11-18(22)24-17-4-2-1-3-15(16)17/h1-8,11H,9-10,12H2,(H,23,25). The molecule has 138 valence electrons. The quantitative estimate of drug-likeness (QED) is 0.498. The van der Waals surface area contributed by atoms with Crippen molar-refractivity contribution in [3.05, 3.63) is 75.9 Å². The summed E-state index contributed by atoms with van der Waals surface area (Å²) in [5.74, 6) is -0.995. The van der Waals surface area contributed by atoms with Crippen LogP contribution in [0.15, 0.2) is 54.6 Å². The van der Waals surface area contributed by atoms with Gasteiger partial charge in [-0.1, -0.05) is 53.5 Å². The maximum Gasteiger partial charge on any atom is 0.339 e. The Balaban J connectivity index is 1.53. The fourth-order valence-electron chi connectivity index (χ4n) is 2.57. The molecule has 0 aliphatic heterocycles. The topological polar surface area (TPSA) is 68.3 Å². The van der Waals surface area contributed by atoms with Crippen LogP contribution in [0.25, 0.3) is 10.9 Å².